The number of nitrogens with zero attached hydrogens (tertiary/aromatic N) is 1. The molecule has 1 aliphatic heterocycles. The number of aryl methyl sites for hydroxylation is 1. The van der Waals surface area contributed by atoms with Crippen molar-refractivity contribution >= 4 is 10.0 Å². The van der Waals surface area contributed by atoms with E-state index in [0.717, 1.165) is 12.0 Å². The lowest BCUT2D eigenvalue weighted by atomic mass is 10.2. The highest BCUT2D eigenvalue weighted by molar-refractivity contribution is 7.89. The number of sulfonamides is 1. The summed E-state index contributed by atoms with van der Waals surface area (Å²) in [5.41, 5.74) is 0.910. The normalized spacial score (nSPS) is 16.2. The Morgan fingerprint density at radius 2 is 2.10 bits per heavy atom. The molecule has 2 rings (SSSR count). The van der Waals surface area contributed by atoms with E-state index in [-0.39, 0.29) is 10.9 Å². The zero-order chi connectivity index (χ0) is 14.8. The highest BCUT2D eigenvalue weighted by atomic mass is 32.2. The number of rotatable bonds is 6. The van der Waals surface area contributed by atoms with Crippen LogP contribution in [0.15, 0.2) is 23.1 Å². The van der Waals surface area contributed by atoms with Gasteiger partial charge in [0.15, 0.2) is 0 Å². The van der Waals surface area contributed by atoms with Crippen molar-refractivity contribution in [2.45, 2.75) is 31.2 Å². The van der Waals surface area contributed by atoms with Crippen molar-refractivity contribution in [1.82, 2.24) is 9.62 Å². The molecular formula is C14H22N2O3S. The summed E-state index contributed by atoms with van der Waals surface area (Å²) < 4.78 is 32.6. The standard InChI is InChI=1S/C14H22N2O3S/c1-4-7-16(12-9-15-10-12)20(17,18)14-8-11(2)5-6-13(14)19-3/h5-6,8,12,15H,4,7,9-10H2,1-3H3. The summed E-state index contributed by atoms with van der Waals surface area (Å²) in [7, 11) is -2.02. The average molecular weight is 298 g/mol. The molecule has 0 radical (unpaired) electrons. The molecule has 20 heavy (non-hydrogen) atoms. The van der Waals surface area contributed by atoms with Gasteiger partial charge in [0, 0.05) is 19.6 Å². The number of methoxy groups -OCH3 is 1. The second-order valence-electron chi connectivity index (χ2n) is 5.08. The summed E-state index contributed by atoms with van der Waals surface area (Å²) in [6.07, 6.45) is 0.795. The molecule has 1 saturated heterocycles. The lowest BCUT2D eigenvalue weighted by molar-refractivity contribution is 0.241. The molecule has 1 N–H and O–H groups in total. The van der Waals surface area contributed by atoms with Crippen molar-refractivity contribution in [3.8, 4) is 5.75 Å². The van der Waals surface area contributed by atoms with Crippen LogP contribution in [0.3, 0.4) is 0 Å². The zero-order valence-corrected chi connectivity index (χ0v) is 13.0. The Bertz CT molecular complexity index is 568. The molecule has 1 aromatic carbocycles. The van der Waals surface area contributed by atoms with Crippen LogP contribution in [0.2, 0.25) is 0 Å². The van der Waals surface area contributed by atoms with Gasteiger partial charge >= 0.3 is 0 Å². The lowest BCUT2D eigenvalue weighted by Crippen LogP contribution is -2.58. The number of ether oxygens (including phenoxy) is 1. The van der Waals surface area contributed by atoms with Crippen LogP contribution in [0.4, 0.5) is 0 Å². The second kappa shape index (κ2) is 6.11. The summed E-state index contributed by atoms with van der Waals surface area (Å²) in [6.45, 7) is 5.84. The van der Waals surface area contributed by atoms with Crippen LogP contribution in [0.25, 0.3) is 0 Å². The van der Waals surface area contributed by atoms with Crippen LogP contribution in [0.1, 0.15) is 18.9 Å². The van der Waals surface area contributed by atoms with E-state index >= 15 is 0 Å². The van der Waals surface area contributed by atoms with Crippen molar-refractivity contribution < 1.29 is 13.2 Å². The molecule has 5 nitrogen and oxygen atoms in total. The third kappa shape index (κ3) is 2.82. The predicted molar refractivity (Wildman–Crippen MR) is 78.6 cm³/mol. The van der Waals surface area contributed by atoms with Crippen LogP contribution >= 0.6 is 0 Å². The minimum absolute atomic E-state index is 0.0465. The SMILES string of the molecule is CCCN(C1CNC1)S(=O)(=O)c1cc(C)ccc1OC. The van der Waals surface area contributed by atoms with Crippen molar-refractivity contribution in [3.05, 3.63) is 23.8 Å². The average Bonchev–Trinajstić information content (AvgIpc) is 2.36. The highest BCUT2D eigenvalue weighted by Crippen LogP contribution is 2.29. The Morgan fingerprint density at radius 3 is 2.60 bits per heavy atom. The maximum atomic E-state index is 12.9. The minimum atomic E-state index is -3.52. The molecule has 1 fully saturated rings. The highest BCUT2D eigenvalue weighted by Gasteiger charge is 2.35. The van der Waals surface area contributed by atoms with Crippen molar-refractivity contribution in [1.29, 1.82) is 0 Å². The van der Waals surface area contributed by atoms with E-state index < -0.39 is 10.0 Å². The third-order valence-corrected chi connectivity index (χ3v) is 5.49. The third-order valence-electron chi connectivity index (χ3n) is 3.52. The van der Waals surface area contributed by atoms with Gasteiger partial charge in [0.05, 0.1) is 13.2 Å². The lowest BCUT2D eigenvalue weighted by Gasteiger charge is -2.37. The van der Waals surface area contributed by atoms with Gasteiger partial charge in [-0.15, -0.1) is 0 Å². The van der Waals surface area contributed by atoms with Gasteiger partial charge in [-0.25, -0.2) is 8.42 Å². The number of hydrogen-bond donors (Lipinski definition) is 1. The van der Waals surface area contributed by atoms with Gasteiger partial charge in [0.1, 0.15) is 10.6 Å². The summed E-state index contributed by atoms with van der Waals surface area (Å²) in [6, 6.07) is 5.30. The van der Waals surface area contributed by atoms with E-state index in [1.165, 1.54) is 7.11 Å². The van der Waals surface area contributed by atoms with Crippen molar-refractivity contribution in [2.75, 3.05) is 26.7 Å². The molecule has 0 amide bonds. The Balaban J connectivity index is 2.43. The number of nitrogens with one attached hydrogen (secondary N) is 1. The van der Waals surface area contributed by atoms with Gasteiger partial charge in [-0.1, -0.05) is 13.0 Å². The second-order valence-corrected chi connectivity index (χ2v) is 6.94. The Kier molecular flexibility index (Phi) is 4.67. The van der Waals surface area contributed by atoms with Gasteiger partial charge < -0.3 is 10.1 Å². The van der Waals surface area contributed by atoms with Crippen LogP contribution in [-0.4, -0.2) is 45.5 Å². The fraction of sp³-hybridized carbons (Fsp3) is 0.571. The Morgan fingerprint density at radius 1 is 1.40 bits per heavy atom. The quantitative estimate of drug-likeness (QED) is 0.862. The van der Waals surface area contributed by atoms with Crippen LogP contribution in [-0.2, 0) is 10.0 Å². The predicted octanol–water partition coefficient (Wildman–Crippen LogP) is 1.38. The molecule has 0 aliphatic carbocycles. The first-order valence-corrected chi connectivity index (χ1v) is 8.32. The zero-order valence-electron chi connectivity index (χ0n) is 12.2. The maximum absolute atomic E-state index is 12.9. The maximum Gasteiger partial charge on any atom is 0.247 e. The first kappa shape index (κ1) is 15.3. The van der Waals surface area contributed by atoms with Gasteiger partial charge in [0.25, 0.3) is 0 Å². The van der Waals surface area contributed by atoms with Gasteiger partial charge in [-0.2, -0.15) is 4.31 Å². The monoisotopic (exact) mass is 298 g/mol. The van der Waals surface area contributed by atoms with Gasteiger partial charge in [-0.3, -0.25) is 0 Å². The Hall–Kier alpha value is -1.11. The van der Waals surface area contributed by atoms with Crippen molar-refractivity contribution in [3.63, 3.8) is 0 Å². The molecule has 6 heteroatoms. The fourth-order valence-electron chi connectivity index (χ4n) is 2.31. The smallest absolute Gasteiger partial charge is 0.247 e. The molecule has 0 spiro atoms. The van der Waals surface area contributed by atoms with E-state index in [0.29, 0.717) is 25.4 Å². The fourth-order valence-corrected chi connectivity index (χ4v) is 4.27. The summed E-state index contributed by atoms with van der Waals surface area (Å²) in [5, 5.41) is 3.13. The first-order valence-electron chi connectivity index (χ1n) is 6.88. The summed E-state index contributed by atoms with van der Waals surface area (Å²) >= 11 is 0. The molecule has 0 aromatic heterocycles. The molecule has 0 saturated carbocycles. The van der Waals surface area contributed by atoms with E-state index in [1.807, 2.05) is 19.9 Å². The molecule has 1 aliphatic rings. The summed E-state index contributed by atoms with van der Waals surface area (Å²) in [5.74, 6) is 0.406. The molecule has 1 aromatic rings. The van der Waals surface area contributed by atoms with Gasteiger partial charge in [-0.05, 0) is 31.0 Å². The van der Waals surface area contributed by atoms with Crippen molar-refractivity contribution in [2.24, 2.45) is 0 Å². The van der Waals surface area contributed by atoms with Crippen LogP contribution < -0.4 is 10.1 Å². The minimum Gasteiger partial charge on any atom is -0.495 e. The van der Waals surface area contributed by atoms with E-state index in [1.54, 1.807) is 16.4 Å². The molecule has 0 unspecified atom stereocenters. The summed E-state index contributed by atoms with van der Waals surface area (Å²) in [4.78, 5) is 0.264. The van der Waals surface area contributed by atoms with E-state index in [9.17, 15) is 8.42 Å². The largest absolute Gasteiger partial charge is 0.495 e. The molecule has 0 bridgehead atoms. The first-order chi connectivity index (χ1) is 9.50. The van der Waals surface area contributed by atoms with E-state index in [2.05, 4.69) is 5.32 Å². The molecule has 0 atom stereocenters. The molecule has 1 heterocycles. The number of hydrogen-bond acceptors (Lipinski definition) is 4. The Labute approximate surface area is 121 Å². The van der Waals surface area contributed by atoms with Crippen LogP contribution in [0, 0.1) is 6.92 Å². The molecular weight excluding hydrogens is 276 g/mol. The van der Waals surface area contributed by atoms with E-state index in [4.69, 9.17) is 4.74 Å². The van der Waals surface area contributed by atoms with Gasteiger partial charge in [0.2, 0.25) is 10.0 Å². The topological polar surface area (TPSA) is 58.6 Å². The number of benzene rings is 1. The molecule has 112 valence electrons. The van der Waals surface area contributed by atoms with Crippen LogP contribution in [0.5, 0.6) is 5.75 Å².